The van der Waals surface area contributed by atoms with Crippen molar-refractivity contribution < 1.29 is 4.79 Å². The average molecular weight is 361 g/mol. The Morgan fingerprint density at radius 3 is 2.57 bits per heavy atom. The Morgan fingerprint density at radius 1 is 1.19 bits per heavy atom. The van der Waals surface area contributed by atoms with Crippen LogP contribution in [-0.4, -0.2) is 10.9 Å². The molecule has 1 heterocycles. The van der Waals surface area contributed by atoms with Crippen LogP contribution >= 0.6 is 27.3 Å². The lowest BCUT2D eigenvalue weighted by molar-refractivity contribution is 0.102. The average Bonchev–Trinajstić information content (AvgIpc) is 2.81. The van der Waals surface area contributed by atoms with Gasteiger partial charge < -0.3 is 0 Å². The van der Waals surface area contributed by atoms with E-state index in [1.807, 2.05) is 50.2 Å². The Labute approximate surface area is 135 Å². The standard InChI is InChI=1S/C16H13BrN2OS/c1-9-6-10(2)8-11(7-9)15(20)19-16-18-14-12(17)4-3-5-13(14)21-16/h3-8H,1-2H3,(H,18,19,20). The minimum absolute atomic E-state index is 0.128. The van der Waals surface area contributed by atoms with E-state index in [0.717, 1.165) is 25.8 Å². The van der Waals surface area contributed by atoms with Crippen LogP contribution in [0.5, 0.6) is 0 Å². The lowest BCUT2D eigenvalue weighted by Gasteiger charge is -2.04. The second kappa shape index (κ2) is 5.58. The van der Waals surface area contributed by atoms with Crippen molar-refractivity contribution in [1.29, 1.82) is 0 Å². The van der Waals surface area contributed by atoms with Crippen molar-refractivity contribution in [2.24, 2.45) is 0 Å². The van der Waals surface area contributed by atoms with Crippen molar-refractivity contribution in [3.63, 3.8) is 0 Å². The fraction of sp³-hybridized carbons (Fsp3) is 0.125. The third-order valence-electron chi connectivity index (χ3n) is 3.07. The first-order valence-electron chi connectivity index (χ1n) is 6.47. The van der Waals surface area contributed by atoms with Gasteiger partial charge in [-0.25, -0.2) is 4.98 Å². The molecule has 0 aliphatic rings. The molecule has 0 spiro atoms. The number of carbonyl (C=O) groups is 1. The van der Waals surface area contributed by atoms with Gasteiger partial charge in [0, 0.05) is 10.0 Å². The number of amides is 1. The SMILES string of the molecule is Cc1cc(C)cc(C(=O)Nc2nc3c(Br)cccc3s2)c1. The first-order chi connectivity index (χ1) is 10.0. The van der Waals surface area contributed by atoms with Gasteiger partial charge in [0.05, 0.1) is 10.2 Å². The van der Waals surface area contributed by atoms with Gasteiger partial charge in [0.15, 0.2) is 5.13 Å². The molecule has 21 heavy (non-hydrogen) atoms. The number of hydrogen-bond acceptors (Lipinski definition) is 3. The second-order valence-electron chi connectivity index (χ2n) is 4.94. The quantitative estimate of drug-likeness (QED) is 0.703. The normalized spacial score (nSPS) is 10.8. The number of anilines is 1. The second-order valence-corrected chi connectivity index (χ2v) is 6.82. The Hall–Kier alpha value is -1.72. The number of halogens is 1. The predicted octanol–water partition coefficient (Wildman–Crippen LogP) is 4.93. The molecule has 3 aromatic rings. The number of nitrogens with zero attached hydrogens (tertiary/aromatic N) is 1. The number of carbonyl (C=O) groups excluding carboxylic acids is 1. The number of para-hydroxylation sites is 1. The van der Waals surface area contributed by atoms with E-state index < -0.39 is 0 Å². The Bertz CT molecular complexity index is 821. The fourth-order valence-electron chi connectivity index (χ4n) is 2.24. The zero-order valence-corrected chi connectivity index (χ0v) is 14.0. The van der Waals surface area contributed by atoms with Gasteiger partial charge in [-0.15, -0.1) is 0 Å². The largest absolute Gasteiger partial charge is 0.298 e. The highest BCUT2D eigenvalue weighted by atomic mass is 79.9. The number of benzene rings is 2. The van der Waals surface area contributed by atoms with Crippen LogP contribution in [0.4, 0.5) is 5.13 Å². The smallest absolute Gasteiger partial charge is 0.257 e. The molecule has 0 aliphatic carbocycles. The van der Waals surface area contributed by atoms with Crippen molar-refractivity contribution in [1.82, 2.24) is 4.98 Å². The van der Waals surface area contributed by atoms with Crippen LogP contribution in [0, 0.1) is 13.8 Å². The van der Waals surface area contributed by atoms with Crippen LogP contribution in [0.2, 0.25) is 0 Å². The molecule has 2 aromatic carbocycles. The molecule has 0 saturated heterocycles. The molecule has 3 rings (SSSR count). The summed E-state index contributed by atoms with van der Waals surface area (Å²) >= 11 is 4.94. The van der Waals surface area contributed by atoms with Gasteiger partial charge in [0.2, 0.25) is 0 Å². The van der Waals surface area contributed by atoms with E-state index in [9.17, 15) is 4.79 Å². The molecular formula is C16H13BrN2OS. The van der Waals surface area contributed by atoms with Crippen LogP contribution < -0.4 is 5.32 Å². The highest BCUT2D eigenvalue weighted by Gasteiger charge is 2.11. The molecule has 1 amide bonds. The molecule has 0 unspecified atom stereocenters. The Kier molecular flexibility index (Phi) is 3.78. The Balaban J connectivity index is 1.91. The van der Waals surface area contributed by atoms with E-state index >= 15 is 0 Å². The fourth-order valence-corrected chi connectivity index (χ4v) is 3.72. The van der Waals surface area contributed by atoms with Crippen molar-refractivity contribution in [2.75, 3.05) is 5.32 Å². The zero-order valence-electron chi connectivity index (χ0n) is 11.6. The third-order valence-corrected chi connectivity index (χ3v) is 4.65. The van der Waals surface area contributed by atoms with Crippen LogP contribution in [0.3, 0.4) is 0 Å². The summed E-state index contributed by atoms with van der Waals surface area (Å²) in [7, 11) is 0. The first-order valence-corrected chi connectivity index (χ1v) is 8.08. The summed E-state index contributed by atoms with van der Waals surface area (Å²) in [6.45, 7) is 3.97. The predicted molar refractivity (Wildman–Crippen MR) is 91.2 cm³/mol. The summed E-state index contributed by atoms with van der Waals surface area (Å²) in [6, 6.07) is 11.7. The van der Waals surface area contributed by atoms with E-state index in [0.29, 0.717) is 10.7 Å². The maximum atomic E-state index is 12.3. The van der Waals surface area contributed by atoms with Crippen molar-refractivity contribution in [2.45, 2.75) is 13.8 Å². The van der Waals surface area contributed by atoms with Crippen LogP contribution in [0.1, 0.15) is 21.5 Å². The molecule has 0 aliphatic heterocycles. The number of hydrogen-bond donors (Lipinski definition) is 1. The highest BCUT2D eigenvalue weighted by Crippen LogP contribution is 2.31. The van der Waals surface area contributed by atoms with Gasteiger partial charge in [0.1, 0.15) is 0 Å². The van der Waals surface area contributed by atoms with Gasteiger partial charge in [-0.3, -0.25) is 10.1 Å². The van der Waals surface area contributed by atoms with Crippen molar-refractivity contribution in [3.05, 3.63) is 57.6 Å². The first kappa shape index (κ1) is 14.2. The molecule has 0 saturated carbocycles. The summed E-state index contributed by atoms with van der Waals surface area (Å²) in [5.41, 5.74) is 3.68. The molecule has 1 N–H and O–H groups in total. The van der Waals surface area contributed by atoms with Gasteiger partial charge in [-0.05, 0) is 54.0 Å². The van der Waals surface area contributed by atoms with Gasteiger partial charge in [-0.2, -0.15) is 0 Å². The van der Waals surface area contributed by atoms with Gasteiger partial charge >= 0.3 is 0 Å². The maximum absolute atomic E-state index is 12.3. The third kappa shape index (κ3) is 2.99. The number of rotatable bonds is 2. The molecule has 3 nitrogen and oxygen atoms in total. The molecule has 0 atom stereocenters. The molecule has 5 heteroatoms. The molecule has 106 valence electrons. The number of nitrogens with one attached hydrogen (secondary N) is 1. The van der Waals surface area contributed by atoms with E-state index in [2.05, 4.69) is 26.2 Å². The lowest BCUT2D eigenvalue weighted by atomic mass is 10.1. The summed E-state index contributed by atoms with van der Waals surface area (Å²) in [4.78, 5) is 16.8. The maximum Gasteiger partial charge on any atom is 0.257 e. The summed E-state index contributed by atoms with van der Waals surface area (Å²) in [5, 5.41) is 3.49. The number of fused-ring (bicyclic) bond motifs is 1. The Morgan fingerprint density at radius 2 is 1.90 bits per heavy atom. The summed E-state index contributed by atoms with van der Waals surface area (Å²) in [6.07, 6.45) is 0. The molecule has 0 fully saturated rings. The topological polar surface area (TPSA) is 42.0 Å². The monoisotopic (exact) mass is 360 g/mol. The number of thiazole rings is 1. The van der Waals surface area contributed by atoms with Gasteiger partial charge in [0.25, 0.3) is 5.91 Å². The molecule has 1 aromatic heterocycles. The minimum Gasteiger partial charge on any atom is -0.298 e. The number of aryl methyl sites for hydroxylation is 2. The van der Waals surface area contributed by atoms with Crippen LogP contribution in [-0.2, 0) is 0 Å². The summed E-state index contributed by atoms with van der Waals surface area (Å²) in [5.74, 6) is -0.128. The van der Waals surface area contributed by atoms with E-state index in [-0.39, 0.29) is 5.91 Å². The van der Waals surface area contributed by atoms with Crippen LogP contribution in [0.15, 0.2) is 40.9 Å². The number of aromatic nitrogens is 1. The van der Waals surface area contributed by atoms with Crippen molar-refractivity contribution in [3.8, 4) is 0 Å². The minimum atomic E-state index is -0.128. The van der Waals surface area contributed by atoms with Gasteiger partial charge in [-0.1, -0.05) is 34.6 Å². The van der Waals surface area contributed by atoms with E-state index in [1.54, 1.807) is 0 Å². The molecule has 0 bridgehead atoms. The molecule has 0 radical (unpaired) electrons. The zero-order chi connectivity index (χ0) is 15.0. The summed E-state index contributed by atoms with van der Waals surface area (Å²) < 4.78 is 1.98. The van der Waals surface area contributed by atoms with Crippen LogP contribution in [0.25, 0.3) is 10.2 Å². The van der Waals surface area contributed by atoms with E-state index in [4.69, 9.17) is 0 Å². The highest BCUT2D eigenvalue weighted by molar-refractivity contribution is 9.10. The molecular weight excluding hydrogens is 348 g/mol. The lowest BCUT2D eigenvalue weighted by Crippen LogP contribution is -2.12. The van der Waals surface area contributed by atoms with Crippen molar-refractivity contribution >= 4 is 48.5 Å². The van der Waals surface area contributed by atoms with E-state index in [1.165, 1.54) is 11.3 Å².